The zero-order valence-corrected chi connectivity index (χ0v) is 30.9. The molecular weight excluding hydrogens is 709 g/mol. The molecule has 276 valence electrons. The molecule has 1 aromatic carbocycles. The zero-order chi connectivity index (χ0) is 36.6. The minimum absolute atomic E-state index is 0.0167. The van der Waals surface area contributed by atoms with Gasteiger partial charge in [-0.3, -0.25) is 13.9 Å². The average molecular weight is 752 g/mol. The molecule has 6 heterocycles. The Balaban J connectivity index is 1.04. The molecule has 0 aliphatic carbocycles. The molecule has 2 aliphatic rings. The molecule has 2 aliphatic heterocycles. The Morgan fingerprint density at radius 3 is 2.56 bits per heavy atom. The van der Waals surface area contributed by atoms with Gasteiger partial charge in [0.2, 0.25) is 5.95 Å². The molecule has 0 bridgehead atoms. The van der Waals surface area contributed by atoms with E-state index in [0.29, 0.717) is 65.6 Å². The van der Waals surface area contributed by atoms with Gasteiger partial charge in [-0.15, -0.1) is 0 Å². The highest BCUT2D eigenvalue weighted by molar-refractivity contribution is 8.07. The maximum Gasteiger partial charge on any atom is 0.324 e. The van der Waals surface area contributed by atoms with E-state index in [2.05, 4.69) is 49.1 Å². The quantitative estimate of drug-likeness (QED) is 0.131. The van der Waals surface area contributed by atoms with Crippen LogP contribution < -0.4 is 16.5 Å². The molecule has 19 heteroatoms. The third kappa shape index (κ3) is 7.64. The summed E-state index contributed by atoms with van der Waals surface area (Å²) in [5.74, 6) is 0.703. The summed E-state index contributed by atoms with van der Waals surface area (Å²) in [7, 11) is 0. The summed E-state index contributed by atoms with van der Waals surface area (Å²) in [6, 6.07) is 8.84. The summed E-state index contributed by atoms with van der Waals surface area (Å²) in [5, 5.41) is 3.30. The largest absolute Gasteiger partial charge is 0.382 e. The van der Waals surface area contributed by atoms with E-state index in [1.54, 1.807) is 41.5 Å². The number of carbonyl (C=O) groups is 1. The first-order valence-electron chi connectivity index (χ1n) is 17.2. The van der Waals surface area contributed by atoms with Gasteiger partial charge in [-0.2, -0.15) is 9.98 Å². The number of aromatic amines is 1. The third-order valence-electron chi connectivity index (χ3n) is 9.16. The number of aromatic nitrogens is 8. The Bertz CT molecular complexity index is 2180. The van der Waals surface area contributed by atoms with Crippen LogP contribution in [0.2, 0.25) is 0 Å². The van der Waals surface area contributed by atoms with Crippen molar-refractivity contribution in [2.45, 2.75) is 77.7 Å². The molecule has 4 aromatic heterocycles. The molecule has 17 nitrogen and oxygen atoms in total. The normalized spacial score (nSPS) is 25.0. The predicted octanol–water partition coefficient (Wildman–Crippen LogP) is 4.23. The first-order valence-corrected chi connectivity index (χ1v) is 19.8. The number of rotatable bonds is 12. The van der Waals surface area contributed by atoms with Crippen LogP contribution in [0, 0.1) is 11.8 Å². The SMILES string of the molecule is CC[C@H]1O[C@@H](n2cnc3c(N)ncnc32)C[C@@H]1OP(O)(=S)OC[C@H]1O[C@@H](n2cnc3/c(=N/C(=O)c4ccccc4)[nH]c(NCC(C)C)nc32)C[C@@H]1C. The Morgan fingerprint density at radius 1 is 1.10 bits per heavy atom. The summed E-state index contributed by atoms with van der Waals surface area (Å²) in [4.78, 5) is 53.8. The van der Waals surface area contributed by atoms with Crippen LogP contribution >= 0.6 is 6.72 Å². The molecule has 2 fully saturated rings. The topological polar surface area (TPSA) is 215 Å². The Labute approximate surface area is 304 Å². The van der Waals surface area contributed by atoms with Gasteiger partial charge >= 0.3 is 6.72 Å². The van der Waals surface area contributed by atoms with Gasteiger partial charge in [-0.1, -0.05) is 45.9 Å². The van der Waals surface area contributed by atoms with Crippen LogP contribution in [0.15, 0.2) is 54.3 Å². The van der Waals surface area contributed by atoms with Crippen LogP contribution in [0.25, 0.3) is 22.3 Å². The number of carbonyl (C=O) groups excluding carboxylic acids is 1. The number of nitrogens with zero attached hydrogens (tertiary/aromatic N) is 8. The number of nitrogens with two attached hydrogens (primary N) is 1. The van der Waals surface area contributed by atoms with Gasteiger partial charge in [-0.25, -0.2) is 19.9 Å². The van der Waals surface area contributed by atoms with Crippen molar-refractivity contribution in [2.24, 2.45) is 16.8 Å². The number of hydrogen-bond acceptors (Lipinski definition) is 13. The molecular formula is C33H42N11O6PS. The standard InChI is InChI=1S/C33H42N11O6PS/c1-5-21-22(12-25(48-21)43-16-38-26-28(34)36-15-37-30(26)43)50-51(46,52)47-14-23-19(4)11-24(49-23)44-17-39-27-29(40-32(45)20-9-7-6-8-10-20)41-33(42-31(27)44)35-13-18(2)3/h6-10,15-19,21-25H,5,11-14H2,1-4H3,(H,46,52)(H2,34,36,37)(H2,35,40,41,42,45)/t19-,21+,22-,23+,24+,25+,51?/m0/s1. The molecule has 7 rings (SSSR count). The van der Waals surface area contributed by atoms with E-state index >= 15 is 0 Å². The van der Waals surface area contributed by atoms with Gasteiger partial charge in [-0.05, 0) is 48.6 Å². The Morgan fingerprint density at radius 2 is 1.81 bits per heavy atom. The molecule has 1 amide bonds. The maximum absolute atomic E-state index is 13.1. The second-order valence-corrected chi connectivity index (χ2v) is 16.2. The average Bonchev–Trinajstić information content (AvgIpc) is 3.92. The fourth-order valence-electron chi connectivity index (χ4n) is 6.40. The lowest BCUT2D eigenvalue weighted by atomic mass is 10.0. The molecule has 5 aromatic rings. The predicted molar refractivity (Wildman–Crippen MR) is 195 cm³/mol. The number of ether oxygens (including phenoxy) is 2. The summed E-state index contributed by atoms with van der Waals surface area (Å²) < 4.78 is 28.3. The van der Waals surface area contributed by atoms with Gasteiger partial charge in [0.15, 0.2) is 28.1 Å². The number of benzene rings is 1. The van der Waals surface area contributed by atoms with E-state index < -0.39 is 37.3 Å². The fraction of sp³-hybridized carbons (Fsp3) is 0.485. The number of imidazole rings is 2. The van der Waals surface area contributed by atoms with E-state index in [9.17, 15) is 9.69 Å². The Kier molecular flexibility index (Phi) is 10.5. The maximum atomic E-state index is 13.1. The molecule has 0 saturated carbocycles. The van der Waals surface area contributed by atoms with Crippen LogP contribution in [0.3, 0.4) is 0 Å². The smallest absolute Gasteiger partial charge is 0.324 e. The first kappa shape index (κ1) is 36.2. The fourth-order valence-corrected chi connectivity index (χ4v) is 7.87. The van der Waals surface area contributed by atoms with E-state index in [0.717, 1.165) is 0 Å². The molecule has 5 N–H and O–H groups in total. The van der Waals surface area contributed by atoms with Gasteiger partial charge in [0, 0.05) is 18.5 Å². The number of nitrogen functional groups attached to an aromatic ring is 1. The number of nitrogens with one attached hydrogen (secondary N) is 2. The number of H-pyrrole nitrogens is 1. The number of amides is 1. The highest BCUT2D eigenvalue weighted by Gasteiger charge is 2.41. The van der Waals surface area contributed by atoms with Crippen molar-refractivity contribution in [3.8, 4) is 0 Å². The summed E-state index contributed by atoms with van der Waals surface area (Å²) in [6.07, 6.45) is 4.07. The van der Waals surface area contributed by atoms with E-state index in [4.69, 9.17) is 41.0 Å². The molecule has 1 unspecified atom stereocenters. The van der Waals surface area contributed by atoms with Gasteiger partial charge < -0.3 is 39.4 Å². The van der Waals surface area contributed by atoms with Crippen LogP contribution in [0.4, 0.5) is 11.8 Å². The summed E-state index contributed by atoms with van der Waals surface area (Å²) in [5.41, 5.74) is 8.67. The lowest BCUT2D eigenvalue weighted by molar-refractivity contribution is -0.0324. The summed E-state index contributed by atoms with van der Waals surface area (Å²) in [6.45, 7) is 5.15. The van der Waals surface area contributed by atoms with E-state index in [1.807, 2.05) is 24.5 Å². The minimum Gasteiger partial charge on any atom is -0.382 e. The van der Waals surface area contributed by atoms with Crippen molar-refractivity contribution < 1.29 is 28.2 Å². The van der Waals surface area contributed by atoms with E-state index in [1.165, 1.54) is 6.33 Å². The number of anilines is 2. The van der Waals surface area contributed by atoms with Gasteiger partial charge in [0.05, 0.1) is 37.6 Å². The van der Waals surface area contributed by atoms with Crippen molar-refractivity contribution in [1.29, 1.82) is 0 Å². The molecule has 2 saturated heterocycles. The molecule has 0 radical (unpaired) electrons. The van der Waals surface area contributed by atoms with Gasteiger partial charge in [0.25, 0.3) is 5.91 Å². The molecule has 0 spiro atoms. The Hall–Kier alpha value is -4.16. The van der Waals surface area contributed by atoms with Crippen LogP contribution in [-0.2, 0) is 30.3 Å². The molecule has 52 heavy (non-hydrogen) atoms. The second kappa shape index (κ2) is 15.1. The van der Waals surface area contributed by atoms with Crippen molar-refractivity contribution >= 4 is 58.5 Å². The van der Waals surface area contributed by atoms with Crippen molar-refractivity contribution in [3.05, 3.63) is 60.4 Å². The third-order valence-corrected chi connectivity index (χ3v) is 10.7. The highest BCUT2D eigenvalue weighted by atomic mass is 32.5. The lowest BCUT2D eigenvalue weighted by Crippen LogP contribution is -2.25. The zero-order valence-electron chi connectivity index (χ0n) is 29.2. The van der Waals surface area contributed by atoms with Crippen LogP contribution in [-0.4, -0.2) is 81.3 Å². The van der Waals surface area contributed by atoms with Crippen LogP contribution in [0.5, 0.6) is 0 Å². The monoisotopic (exact) mass is 751 g/mol. The lowest BCUT2D eigenvalue weighted by Gasteiger charge is -2.24. The highest BCUT2D eigenvalue weighted by Crippen LogP contribution is 2.50. The number of hydrogen-bond donors (Lipinski definition) is 4. The minimum atomic E-state index is -3.70. The molecule has 7 atom stereocenters. The van der Waals surface area contributed by atoms with Crippen molar-refractivity contribution in [2.75, 3.05) is 24.2 Å². The number of fused-ring (bicyclic) bond motifs is 2. The second-order valence-electron chi connectivity index (χ2n) is 13.4. The van der Waals surface area contributed by atoms with Crippen molar-refractivity contribution in [1.82, 2.24) is 39.0 Å². The van der Waals surface area contributed by atoms with Crippen molar-refractivity contribution in [3.63, 3.8) is 0 Å². The summed E-state index contributed by atoms with van der Waals surface area (Å²) >= 11 is 5.48. The van der Waals surface area contributed by atoms with Crippen LogP contribution in [0.1, 0.15) is 69.8 Å². The first-order chi connectivity index (χ1) is 25.0. The van der Waals surface area contributed by atoms with Gasteiger partial charge in [0.1, 0.15) is 24.3 Å². The van der Waals surface area contributed by atoms with E-state index in [-0.39, 0.29) is 29.9 Å².